The van der Waals surface area contributed by atoms with Gasteiger partial charge in [0.1, 0.15) is 12.2 Å². The van der Waals surface area contributed by atoms with Crippen molar-refractivity contribution in [3.63, 3.8) is 0 Å². The van der Waals surface area contributed by atoms with E-state index in [2.05, 4.69) is 9.84 Å². The molecule has 1 aromatic rings. The van der Waals surface area contributed by atoms with Gasteiger partial charge in [0.15, 0.2) is 11.3 Å². The fourth-order valence-electron chi connectivity index (χ4n) is 2.03. The predicted molar refractivity (Wildman–Crippen MR) is 84.6 cm³/mol. The SMILES string of the molecule is CCOC(=O)Cn1nc(C(C)C)c(OCC(C)C)c(C(F)(F)F)c1=O. The second-order valence-electron chi connectivity index (χ2n) is 6.21. The molecule has 0 amide bonds. The Kier molecular flexibility index (Phi) is 7.01. The third-order valence-electron chi connectivity index (χ3n) is 3.11. The summed E-state index contributed by atoms with van der Waals surface area (Å²) in [6, 6.07) is 0. The van der Waals surface area contributed by atoms with Crippen molar-refractivity contribution < 1.29 is 27.4 Å². The normalized spacial score (nSPS) is 11.9. The average Bonchev–Trinajstić information content (AvgIpc) is 2.45. The highest BCUT2D eigenvalue weighted by Gasteiger charge is 2.41. The Hall–Kier alpha value is -2.06. The van der Waals surface area contributed by atoms with Crippen LogP contribution >= 0.6 is 0 Å². The molecule has 0 bridgehead atoms. The predicted octanol–water partition coefficient (Wildman–Crippen LogP) is 2.98. The molecule has 0 aromatic carbocycles. The molecule has 0 aliphatic carbocycles. The van der Waals surface area contributed by atoms with E-state index in [0.29, 0.717) is 4.68 Å². The number of hydrogen-bond donors (Lipinski definition) is 0. The molecule has 9 heteroatoms. The molecule has 0 radical (unpaired) electrons. The number of halogens is 3. The van der Waals surface area contributed by atoms with Gasteiger partial charge in [-0.25, -0.2) is 4.68 Å². The maximum Gasteiger partial charge on any atom is 0.425 e. The number of carbonyl (C=O) groups is 1. The Morgan fingerprint density at radius 1 is 1.24 bits per heavy atom. The summed E-state index contributed by atoms with van der Waals surface area (Å²) in [5.41, 5.74) is -2.91. The van der Waals surface area contributed by atoms with Crippen molar-refractivity contribution in [1.29, 1.82) is 0 Å². The van der Waals surface area contributed by atoms with E-state index in [4.69, 9.17) is 4.74 Å². The van der Waals surface area contributed by atoms with E-state index in [9.17, 15) is 22.8 Å². The van der Waals surface area contributed by atoms with Crippen LogP contribution in [0.5, 0.6) is 5.75 Å². The van der Waals surface area contributed by atoms with Crippen molar-refractivity contribution in [1.82, 2.24) is 9.78 Å². The first-order chi connectivity index (χ1) is 11.5. The van der Waals surface area contributed by atoms with Crippen LogP contribution in [0.2, 0.25) is 0 Å². The van der Waals surface area contributed by atoms with E-state index in [-0.39, 0.29) is 24.8 Å². The molecule has 0 aliphatic rings. The molecule has 1 aromatic heterocycles. The number of rotatable bonds is 7. The van der Waals surface area contributed by atoms with E-state index in [1.54, 1.807) is 34.6 Å². The van der Waals surface area contributed by atoms with Crippen LogP contribution in [0.25, 0.3) is 0 Å². The lowest BCUT2D eigenvalue weighted by Crippen LogP contribution is -2.35. The van der Waals surface area contributed by atoms with Crippen LogP contribution in [0, 0.1) is 5.92 Å². The molecule has 142 valence electrons. The van der Waals surface area contributed by atoms with Gasteiger partial charge in [-0.3, -0.25) is 9.59 Å². The largest absolute Gasteiger partial charge is 0.490 e. The van der Waals surface area contributed by atoms with E-state index < -0.39 is 41.5 Å². The number of carbonyl (C=O) groups excluding carboxylic acids is 1. The Labute approximate surface area is 143 Å². The first-order valence-corrected chi connectivity index (χ1v) is 7.99. The quantitative estimate of drug-likeness (QED) is 0.696. The molecule has 0 N–H and O–H groups in total. The van der Waals surface area contributed by atoms with Crippen LogP contribution in [0.4, 0.5) is 13.2 Å². The molecule has 0 atom stereocenters. The summed E-state index contributed by atoms with van der Waals surface area (Å²) in [6.07, 6.45) is -4.94. The van der Waals surface area contributed by atoms with Crippen LogP contribution in [0.1, 0.15) is 51.8 Å². The summed E-state index contributed by atoms with van der Waals surface area (Å²) >= 11 is 0. The molecule has 0 saturated heterocycles. The van der Waals surface area contributed by atoms with Crippen molar-refractivity contribution in [2.45, 2.75) is 53.3 Å². The summed E-state index contributed by atoms with van der Waals surface area (Å²) in [5.74, 6) is -1.89. The van der Waals surface area contributed by atoms with Crippen molar-refractivity contribution in [2.24, 2.45) is 5.92 Å². The number of nitrogens with zero attached hydrogens (tertiary/aromatic N) is 2. The molecule has 0 saturated carbocycles. The van der Waals surface area contributed by atoms with Crippen molar-refractivity contribution in [2.75, 3.05) is 13.2 Å². The first kappa shape index (κ1) is 21.0. The van der Waals surface area contributed by atoms with Gasteiger partial charge >= 0.3 is 12.1 Å². The topological polar surface area (TPSA) is 70.4 Å². The summed E-state index contributed by atoms with van der Waals surface area (Å²) in [7, 11) is 0. The van der Waals surface area contributed by atoms with Gasteiger partial charge in [-0.1, -0.05) is 27.7 Å². The van der Waals surface area contributed by atoms with Crippen LogP contribution < -0.4 is 10.3 Å². The highest BCUT2D eigenvalue weighted by atomic mass is 19.4. The molecule has 0 unspecified atom stereocenters. The van der Waals surface area contributed by atoms with E-state index in [1.165, 1.54) is 0 Å². The molecule has 0 fully saturated rings. The van der Waals surface area contributed by atoms with Crippen LogP contribution in [-0.4, -0.2) is 29.0 Å². The van der Waals surface area contributed by atoms with Crippen LogP contribution in [0.3, 0.4) is 0 Å². The van der Waals surface area contributed by atoms with Crippen LogP contribution in [-0.2, 0) is 22.3 Å². The molecule has 25 heavy (non-hydrogen) atoms. The molecule has 0 aliphatic heterocycles. The fraction of sp³-hybridized carbons (Fsp3) is 0.688. The Morgan fingerprint density at radius 3 is 2.28 bits per heavy atom. The van der Waals surface area contributed by atoms with Gasteiger partial charge in [-0.15, -0.1) is 0 Å². The minimum absolute atomic E-state index is 0.00576. The summed E-state index contributed by atoms with van der Waals surface area (Å²) in [6.45, 7) is 7.72. The molecule has 1 heterocycles. The molecular formula is C16H23F3N2O4. The second kappa shape index (κ2) is 8.35. The highest BCUT2D eigenvalue weighted by Crippen LogP contribution is 2.37. The van der Waals surface area contributed by atoms with E-state index in [1.807, 2.05) is 0 Å². The number of esters is 1. The maximum atomic E-state index is 13.5. The van der Waals surface area contributed by atoms with Gasteiger partial charge in [0, 0.05) is 5.92 Å². The summed E-state index contributed by atoms with van der Waals surface area (Å²) < 4.78 is 51.0. The van der Waals surface area contributed by atoms with Crippen molar-refractivity contribution in [3.8, 4) is 5.75 Å². The molecule has 6 nitrogen and oxygen atoms in total. The first-order valence-electron chi connectivity index (χ1n) is 7.99. The van der Waals surface area contributed by atoms with E-state index in [0.717, 1.165) is 0 Å². The zero-order chi connectivity index (χ0) is 19.4. The molecule has 0 spiro atoms. The van der Waals surface area contributed by atoms with Gasteiger partial charge in [0.05, 0.1) is 13.2 Å². The van der Waals surface area contributed by atoms with Gasteiger partial charge in [-0.05, 0) is 12.8 Å². The third kappa shape index (κ3) is 5.47. The average molecular weight is 364 g/mol. The maximum absolute atomic E-state index is 13.5. The Bertz CT molecular complexity index is 667. The minimum Gasteiger partial charge on any atom is -0.490 e. The standard InChI is InChI=1S/C16H23F3N2O4/c1-6-24-11(22)7-21-15(23)12(16(17,18)19)14(25-8-9(2)3)13(20-21)10(4)5/h9-10H,6-8H2,1-5H3. The zero-order valence-corrected chi connectivity index (χ0v) is 14.9. The number of ether oxygens (including phenoxy) is 2. The number of hydrogen-bond acceptors (Lipinski definition) is 5. The van der Waals surface area contributed by atoms with Crippen LogP contribution in [0.15, 0.2) is 4.79 Å². The van der Waals surface area contributed by atoms with Gasteiger partial charge < -0.3 is 9.47 Å². The number of alkyl halides is 3. The molecular weight excluding hydrogens is 341 g/mol. The lowest BCUT2D eigenvalue weighted by atomic mass is 10.1. The fourth-order valence-corrected chi connectivity index (χ4v) is 2.03. The summed E-state index contributed by atoms with van der Waals surface area (Å²) in [4.78, 5) is 23.9. The Morgan fingerprint density at radius 2 is 1.84 bits per heavy atom. The second-order valence-corrected chi connectivity index (χ2v) is 6.21. The van der Waals surface area contributed by atoms with Gasteiger partial charge in [-0.2, -0.15) is 18.3 Å². The van der Waals surface area contributed by atoms with Crippen molar-refractivity contribution in [3.05, 3.63) is 21.6 Å². The monoisotopic (exact) mass is 364 g/mol. The smallest absolute Gasteiger partial charge is 0.425 e. The van der Waals surface area contributed by atoms with Gasteiger partial charge in [0.25, 0.3) is 5.56 Å². The minimum atomic E-state index is -4.94. The zero-order valence-electron chi connectivity index (χ0n) is 14.9. The van der Waals surface area contributed by atoms with Crippen molar-refractivity contribution >= 4 is 5.97 Å². The molecule has 1 rings (SSSR count). The van der Waals surface area contributed by atoms with E-state index >= 15 is 0 Å². The lowest BCUT2D eigenvalue weighted by molar-refractivity contribution is -0.145. The lowest BCUT2D eigenvalue weighted by Gasteiger charge is -2.20. The highest BCUT2D eigenvalue weighted by molar-refractivity contribution is 5.69. The Balaban J connectivity index is 3.57. The third-order valence-corrected chi connectivity index (χ3v) is 3.11. The van der Waals surface area contributed by atoms with Gasteiger partial charge in [0.2, 0.25) is 0 Å². The summed E-state index contributed by atoms with van der Waals surface area (Å²) in [5, 5.41) is 3.92. The number of aromatic nitrogens is 2.